The SMILES string of the molecule is CCCCCCCCNC(=O)c1c(Br)c(Br)c(C(=O)Br)c2c(C(=O)NCCCCCCCC)c(Br)c(Br)c(C(=O)Br)c12. The number of benzene rings is 2. The topological polar surface area (TPSA) is 92.3 Å². The van der Waals surface area contributed by atoms with Crippen molar-refractivity contribution in [1.29, 1.82) is 0 Å². The third kappa shape index (κ3) is 9.93. The summed E-state index contributed by atoms with van der Waals surface area (Å²) in [4.78, 5) is 53.4. The predicted octanol–water partition coefficient (Wildman–Crippen LogP) is 11.1. The summed E-state index contributed by atoms with van der Waals surface area (Å²) in [7, 11) is 0. The highest BCUT2D eigenvalue weighted by Gasteiger charge is 2.33. The molecule has 2 amide bonds. The van der Waals surface area contributed by atoms with Gasteiger partial charge in [-0.15, -0.1) is 0 Å². The van der Waals surface area contributed by atoms with E-state index in [0.717, 1.165) is 38.5 Å². The number of unbranched alkanes of at least 4 members (excludes halogenated alkanes) is 10. The first-order valence-electron chi connectivity index (χ1n) is 14.3. The predicted molar refractivity (Wildman–Crippen MR) is 193 cm³/mol. The van der Waals surface area contributed by atoms with E-state index in [0.29, 0.717) is 31.0 Å². The van der Waals surface area contributed by atoms with E-state index in [2.05, 4.69) is 120 Å². The summed E-state index contributed by atoms with van der Waals surface area (Å²) in [5.41, 5.74) is 0.553. The van der Waals surface area contributed by atoms with Gasteiger partial charge in [-0.1, -0.05) is 78.1 Å². The van der Waals surface area contributed by atoms with Gasteiger partial charge in [0, 0.05) is 41.8 Å². The molecule has 42 heavy (non-hydrogen) atoms. The molecule has 0 bridgehead atoms. The Labute approximate surface area is 298 Å². The average Bonchev–Trinajstić information content (AvgIpc) is 2.93. The van der Waals surface area contributed by atoms with Crippen molar-refractivity contribution in [2.45, 2.75) is 90.9 Å². The van der Waals surface area contributed by atoms with E-state index in [4.69, 9.17) is 0 Å². The molecule has 0 heterocycles. The summed E-state index contributed by atoms with van der Waals surface area (Å²) in [6, 6.07) is 0. The summed E-state index contributed by atoms with van der Waals surface area (Å²) >= 11 is 20.1. The molecule has 0 spiro atoms. The van der Waals surface area contributed by atoms with Crippen molar-refractivity contribution in [1.82, 2.24) is 10.6 Å². The molecular weight excluding hydrogens is 932 g/mol. The first kappa shape index (κ1) is 38.0. The lowest BCUT2D eigenvalue weighted by Gasteiger charge is -2.21. The van der Waals surface area contributed by atoms with Crippen LogP contribution in [0, 0.1) is 0 Å². The van der Waals surface area contributed by atoms with Crippen molar-refractivity contribution >= 4 is 128 Å². The van der Waals surface area contributed by atoms with Gasteiger partial charge >= 0.3 is 0 Å². The summed E-state index contributed by atoms with van der Waals surface area (Å²) in [5, 5.41) is 6.32. The second-order valence-corrected chi connectivity index (χ2v) is 14.7. The summed E-state index contributed by atoms with van der Waals surface area (Å²) < 4.78 is 0.196. The van der Waals surface area contributed by atoms with E-state index >= 15 is 0 Å². The molecule has 2 aromatic rings. The second kappa shape index (κ2) is 19.4. The maximum atomic E-state index is 13.7. The zero-order valence-electron chi connectivity index (χ0n) is 23.8. The molecule has 0 aliphatic rings. The van der Waals surface area contributed by atoms with Crippen molar-refractivity contribution in [3.05, 3.63) is 40.1 Å². The summed E-state index contributed by atoms with van der Waals surface area (Å²) in [6.07, 6.45) is 12.9. The van der Waals surface area contributed by atoms with Gasteiger partial charge in [0.2, 0.25) is 9.39 Å². The molecule has 232 valence electrons. The number of hydrogen-bond acceptors (Lipinski definition) is 4. The molecule has 0 unspecified atom stereocenters. The number of carbonyl (C=O) groups is 4. The van der Waals surface area contributed by atoms with Crippen molar-refractivity contribution < 1.29 is 19.2 Å². The monoisotopic (exact) mass is 962 g/mol. The zero-order valence-corrected chi connectivity index (χ0v) is 33.3. The molecule has 2 rings (SSSR count). The molecule has 0 fully saturated rings. The Morgan fingerprint density at radius 1 is 0.476 bits per heavy atom. The fraction of sp³-hybridized carbons (Fsp3) is 0.533. The Hall–Kier alpha value is -0.140. The average molecular weight is 968 g/mol. The number of hydrogen-bond donors (Lipinski definition) is 2. The molecule has 2 aromatic carbocycles. The number of halogens is 6. The largest absolute Gasteiger partial charge is 0.352 e. The molecule has 0 saturated heterocycles. The molecule has 0 aromatic heterocycles. The van der Waals surface area contributed by atoms with E-state index in [9.17, 15) is 19.2 Å². The van der Waals surface area contributed by atoms with Crippen LogP contribution in [0.4, 0.5) is 0 Å². The Kier molecular flexibility index (Phi) is 17.6. The molecule has 6 nitrogen and oxygen atoms in total. The highest BCUT2D eigenvalue weighted by molar-refractivity contribution is 9.19. The van der Waals surface area contributed by atoms with Crippen LogP contribution in [-0.4, -0.2) is 34.3 Å². The van der Waals surface area contributed by atoms with Gasteiger partial charge in [-0.3, -0.25) is 19.2 Å². The van der Waals surface area contributed by atoms with Crippen LogP contribution < -0.4 is 10.6 Å². The van der Waals surface area contributed by atoms with Crippen LogP contribution in [0.1, 0.15) is 132 Å². The minimum Gasteiger partial charge on any atom is -0.352 e. The van der Waals surface area contributed by atoms with Gasteiger partial charge in [-0.05, 0) is 108 Å². The zero-order chi connectivity index (χ0) is 31.4. The van der Waals surface area contributed by atoms with Crippen LogP contribution in [-0.2, 0) is 0 Å². The first-order chi connectivity index (χ1) is 20.0. The molecule has 0 aliphatic carbocycles. The molecule has 0 aliphatic heterocycles. The number of amides is 2. The van der Waals surface area contributed by atoms with Crippen molar-refractivity contribution in [2.75, 3.05) is 13.1 Å². The van der Waals surface area contributed by atoms with Gasteiger partial charge in [0.15, 0.2) is 0 Å². The van der Waals surface area contributed by atoms with Crippen LogP contribution in [0.5, 0.6) is 0 Å². The van der Waals surface area contributed by atoms with E-state index in [-0.39, 0.29) is 33.0 Å². The van der Waals surface area contributed by atoms with Crippen molar-refractivity contribution in [3.63, 3.8) is 0 Å². The van der Waals surface area contributed by atoms with Crippen LogP contribution in [0.25, 0.3) is 10.8 Å². The summed E-state index contributed by atoms with van der Waals surface area (Å²) in [5.74, 6) is -0.838. The van der Waals surface area contributed by atoms with Crippen LogP contribution in [0.2, 0.25) is 0 Å². The quantitative estimate of drug-likeness (QED) is 0.115. The third-order valence-electron chi connectivity index (χ3n) is 6.99. The third-order valence-corrected chi connectivity index (χ3v) is 12.0. The highest BCUT2D eigenvalue weighted by Crippen LogP contribution is 2.47. The minimum absolute atomic E-state index is 0.122. The van der Waals surface area contributed by atoms with E-state index < -0.39 is 21.2 Å². The highest BCUT2D eigenvalue weighted by atomic mass is 79.9. The van der Waals surface area contributed by atoms with Crippen molar-refractivity contribution in [3.8, 4) is 0 Å². The number of carbonyl (C=O) groups excluding carboxylic acids is 4. The second-order valence-electron chi connectivity index (χ2n) is 10.1. The lowest BCUT2D eigenvalue weighted by molar-refractivity contribution is 0.0943. The number of fused-ring (bicyclic) bond motifs is 1. The van der Waals surface area contributed by atoms with Gasteiger partial charge in [0.1, 0.15) is 0 Å². The van der Waals surface area contributed by atoms with Crippen LogP contribution >= 0.6 is 95.6 Å². The van der Waals surface area contributed by atoms with E-state index in [1.54, 1.807) is 0 Å². The number of nitrogens with one attached hydrogen (secondary N) is 2. The molecule has 0 atom stereocenters. The minimum atomic E-state index is -0.508. The van der Waals surface area contributed by atoms with Crippen LogP contribution in [0.3, 0.4) is 0 Å². The number of rotatable bonds is 18. The van der Waals surface area contributed by atoms with Gasteiger partial charge in [0.25, 0.3) is 11.8 Å². The van der Waals surface area contributed by atoms with Crippen LogP contribution in [0.15, 0.2) is 17.9 Å². The maximum absolute atomic E-state index is 13.7. The Morgan fingerprint density at radius 2 is 0.762 bits per heavy atom. The van der Waals surface area contributed by atoms with Gasteiger partial charge in [-0.2, -0.15) is 0 Å². The Bertz CT molecular complexity index is 1220. The molecule has 0 radical (unpaired) electrons. The Morgan fingerprint density at radius 3 is 1.07 bits per heavy atom. The fourth-order valence-electron chi connectivity index (χ4n) is 4.81. The lowest BCUT2D eigenvalue weighted by atomic mass is 9.91. The smallest absolute Gasteiger partial charge is 0.253 e. The first-order valence-corrected chi connectivity index (χ1v) is 19.1. The normalized spacial score (nSPS) is 11.1. The van der Waals surface area contributed by atoms with E-state index in [1.165, 1.54) is 38.5 Å². The van der Waals surface area contributed by atoms with Gasteiger partial charge < -0.3 is 10.6 Å². The molecule has 12 heteroatoms. The fourth-order valence-corrected chi connectivity index (χ4v) is 8.45. The summed E-state index contributed by atoms with van der Waals surface area (Å²) in [6.45, 7) is 5.25. The Balaban J connectivity index is 2.63. The van der Waals surface area contributed by atoms with Gasteiger partial charge in [0.05, 0.1) is 22.3 Å². The maximum Gasteiger partial charge on any atom is 0.253 e. The molecule has 0 saturated carbocycles. The lowest BCUT2D eigenvalue weighted by Crippen LogP contribution is -2.28. The molecular formula is C30H36Br6N2O4. The standard InChI is InChI=1S/C30H36Br6N2O4/c1-3-5-7-9-11-13-15-37-29(41)21-17-18(20(28(36)40)23(31)25(21)33)22(26(34)24(32)19(17)27(35)39)30(42)38-16-14-12-10-8-6-4-2/h3-16H2,1-2H3,(H,37,41)(H,38,42). The van der Waals surface area contributed by atoms with Crippen molar-refractivity contribution in [2.24, 2.45) is 0 Å². The van der Waals surface area contributed by atoms with E-state index in [1.807, 2.05) is 0 Å². The van der Waals surface area contributed by atoms with Gasteiger partial charge in [-0.25, -0.2) is 0 Å². The molecule has 2 N–H and O–H groups in total.